The molecule has 2 aliphatic rings. The highest BCUT2D eigenvalue weighted by Gasteiger charge is 2.32. The van der Waals surface area contributed by atoms with Gasteiger partial charge in [0.1, 0.15) is 13.1 Å². The third kappa shape index (κ3) is 8.41. The normalized spacial score (nSPS) is 21.8. The molecule has 1 saturated heterocycles. The molecule has 0 bridgehead atoms. The van der Waals surface area contributed by atoms with Gasteiger partial charge in [0, 0.05) is 38.8 Å². The fraction of sp³-hybridized carbons (Fsp3) is 0.882. The van der Waals surface area contributed by atoms with Gasteiger partial charge >= 0.3 is 6.18 Å². The molecule has 0 radical (unpaired) electrons. The molecular weight excluding hydrogens is 474 g/mol. The van der Waals surface area contributed by atoms with Crippen LogP contribution in [0.1, 0.15) is 39.0 Å². The smallest absolute Gasteiger partial charge is 0.357 e. The molecular formula is C17H31F3IN5O. The van der Waals surface area contributed by atoms with Crippen LogP contribution in [0.3, 0.4) is 0 Å². The van der Waals surface area contributed by atoms with E-state index in [9.17, 15) is 18.0 Å². The molecule has 0 aromatic rings. The van der Waals surface area contributed by atoms with Gasteiger partial charge in [0.25, 0.3) is 0 Å². The summed E-state index contributed by atoms with van der Waals surface area (Å²) in [4.78, 5) is 19.2. The van der Waals surface area contributed by atoms with Gasteiger partial charge in [0.15, 0.2) is 5.96 Å². The van der Waals surface area contributed by atoms with Crippen molar-refractivity contribution >= 4 is 35.8 Å². The Kier molecular flexibility index (Phi) is 10.1. The van der Waals surface area contributed by atoms with Crippen molar-refractivity contribution in [3.05, 3.63) is 0 Å². The van der Waals surface area contributed by atoms with Crippen LogP contribution in [-0.4, -0.2) is 79.7 Å². The third-order valence-electron chi connectivity index (χ3n) is 4.96. The Balaban J connectivity index is 0.00000364. The van der Waals surface area contributed by atoms with Crippen molar-refractivity contribution in [3.8, 4) is 0 Å². The number of rotatable bonds is 6. The summed E-state index contributed by atoms with van der Waals surface area (Å²) in [6, 6.07) is 0.926. The zero-order chi connectivity index (χ0) is 19.2. The van der Waals surface area contributed by atoms with Gasteiger partial charge in [-0.05, 0) is 26.2 Å². The number of aliphatic imine (C=N–C) groups is 1. The summed E-state index contributed by atoms with van der Waals surface area (Å²) >= 11 is 0. The fourth-order valence-electron chi connectivity index (χ4n) is 3.64. The number of hydrogen-bond acceptors (Lipinski definition) is 3. The first-order chi connectivity index (χ1) is 12.3. The standard InChI is InChI=1S/C17H30F3N5O.HI/c1-3-21-16(22-10-15(26)24(2)12-17(18,19)20)23-13-8-9-25(11-13)14-6-4-5-7-14;/h13-14H,3-12H2,1-2H3,(H2,21,22,23);1H. The van der Waals surface area contributed by atoms with Gasteiger partial charge in [-0.15, -0.1) is 24.0 Å². The van der Waals surface area contributed by atoms with Gasteiger partial charge in [-0.2, -0.15) is 13.2 Å². The summed E-state index contributed by atoms with van der Waals surface area (Å²) in [6.07, 6.45) is 1.74. The first-order valence-electron chi connectivity index (χ1n) is 9.38. The molecule has 2 rings (SSSR count). The van der Waals surface area contributed by atoms with E-state index in [0.29, 0.717) is 23.4 Å². The molecule has 0 spiro atoms. The van der Waals surface area contributed by atoms with Crippen molar-refractivity contribution in [2.75, 3.05) is 39.8 Å². The Morgan fingerprint density at radius 2 is 1.93 bits per heavy atom. The lowest BCUT2D eigenvalue weighted by Gasteiger charge is -2.24. The number of likely N-dealkylation sites (N-methyl/N-ethyl adjacent to an activating group) is 1. The van der Waals surface area contributed by atoms with E-state index >= 15 is 0 Å². The average Bonchev–Trinajstić information content (AvgIpc) is 3.21. The molecule has 0 aromatic heterocycles. The van der Waals surface area contributed by atoms with Crippen molar-refractivity contribution in [1.29, 1.82) is 0 Å². The summed E-state index contributed by atoms with van der Waals surface area (Å²) in [7, 11) is 1.14. The highest BCUT2D eigenvalue weighted by molar-refractivity contribution is 14.0. The molecule has 6 nitrogen and oxygen atoms in total. The molecule has 10 heteroatoms. The largest absolute Gasteiger partial charge is 0.406 e. The second-order valence-corrected chi connectivity index (χ2v) is 7.12. The summed E-state index contributed by atoms with van der Waals surface area (Å²) in [5.74, 6) is -0.168. The van der Waals surface area contributed by atoms with Crippen LogP contribution in [0.25, 0.3) is 0 Å². The summed E-state index contributed by atoms with van der Waals surface area (Å²) in [5, 5.41) is 6.38. The number of guanidine groups is 1. The van der Waals surface area contributed by atoms with E-state index in [-0.39, 0.29) is 36.6 Å². The maximum absolute atomic E-state index is 12.4. The van der Waals surface area contributed by atoms with Gasteiger partial charge in [0.2, 0.25) is 5.91 Å². The van der Waals surface area contributed by atoms with Crippen LogP contribution in [0.4, 0.5) is 13.2 Å². The highest BCUT2D eigenvalue weighted by atomic mass is 127. The van der Waals surface area contributed by atoms with Crippen LogP contribution in [0, 0.1) is 0 Å². The van der Waals surface area contributed by atoms with Crippen LogP contribution in [0.2, 0.25) is 0 Å². The first-order valence-corrected chi connectivity index (χ1v) is 9.38. The van der Waals surface area contributed by atoms with Crippen LogP contribution >= 0.6 is 24.0 Å². The highest BCUT2D eigenvalue weighted by Crippen LogP contribution is 2.26. The predicted molar refractivity (Wildman–Crippen MR) is 110 cm³/mol. The molecule has 0 aromatic carbocycles. The molecule has 1 aliphatic carbocycles. The lowest BCUT2D eigenvalue weighted by Crippen LogP contribution is -2.46. The second kappa shape index (κ2) is 11.3. The Bertz CT molecular complexity index is 497. The maximum atomic E-state index is 12.4. The van der Waals surface area contributed by atoms with E-state index in [4.69, 9.17) is 0 Å². The Morgan fingerprint density at radius 3 is 2.52 bits per heavy atom. The zero-order valence-electron chi connectivity index (χ0n) is 16.0. The summed E-state index contributed by atoms with van der Waals surface area (Å²) in [6.45, 7) is 2.96. The van der Waals surface area contributed by atoms with Gasteiger partial charge < -0.3 is 15.5 Å². The van der Waals surface area contributed by atoms with Crippen molar-refractivity contribution in [2.45, 2.75) is 57.3 Å². The first kappa shape index (κ1) is 24.3. The number of halogens is 4. The lowest BCUT2D eigenvalue weighted by molar-refractivity contribution is -0.157. The third-order valence-corrected chi connectivity index (χ3v) is 4.96. The van der Waals surface area contributed by atoms with E-state index in [0.717, 1.165) is 26.6 Å². The number of hydrogen-bond donors (Lipinski definition) is 2. The molecule has 1 amide bonds. The maximum Gasteiger partial charge on any atom is 0.406 e. The van der Waals surface area contributed by atoms with Crippen LogP contribution in [0.5, 0.6) is 0 Å². The summed E-state index contributed by atoms with van der Waals surface area (Å²) < 4.78 is 37.1. The number of alkyl halides is 3. The Hall–Kier alpha value is -0.780. The van der Waals surface area contributed by atoms with Crippen molar-refractivity contribution in [3.63, 3.8) is 0 Å². The molecule has 2 N–H and O–H groups in total. The van der Waals surface area contributed by atoms with Crippen LogP contribution < -0.4 is 10.6 Å². The monoisotopic (exact) mass is 505 g/mol. The van der Waals surface area contributed by atoms with E-state index < -0.39 is 18.6 Å². The zero-order valence-corrected chi connectivity index (χ0v) is 18.3. The molecule has 1 aliphatic heterocycles. The molecule has 27 heavy (non-hydrogen) atoms. The minimum absolute atomic E-state index is 0. The van der Waals surface area contributed by atoms with Gasteiger partial charge in [0.05, 0.1) is 0 Å². The van der Waals surface area contributed by atoms with Gasteiger partial charge in [-0.1, -0.05) is 12.8 Å². The molecule has 1 heterocycles. The van der Waals surface area contributed by atoms with Crippen LogP contribution in [0.15, 0.2) is 4.99 Å². The topological polar surface area (TPSA) is 60.0 Å². The molecule has 1 saturated carbocycles. The SMILES string of the molecule is CCNC(=NCC(=O)N(C)CC(F)(F)F)NC1CCN(C2CCCC2)C1.I. The van der Waals surface area contributed by atoms with E-state index in [1.54, 1.807) is 0 Å². The number of nitrogens with zero attached hydrogens (tertiary/aromatic N) is 3. The van der Waals surface area contributed by atoms with Gasteiger partial charge in [-0.25, -0.2) is 4.99 Å². The number of nitrogens with one attached hydrogen (secondary N) is 2. The minimum atomic E-state index is -4.40. The number of carbonyl (C=O) groups is 1. The molecule has 158 valence electrons. The summed E-state index contributed by atoms with van der Waals surface area (Å²) in [5.41, 5.74) is 0. The minimum Gasteiger partial charge on any atom is -0.357 e. The van der Waals surface area contributed by atoms with Crippen molar-refractivity contribution < 1.29 is 18.0 Å². The van der Waals surface area contributed by atoms with Gasteiger partial charge in [-0.3, -0.25) is 9.69 Å². The lowest BCUT2D eigenvalue weighted by atomic mass is 10.2. The number of likely N-dealkylation sites (tertiary alicyclic amines) is 1. The van der Waals surface area contributed by atoms with Crippen molar-refractivity contribution in [2.24, 2.45) is 4.99 Å². The number of carbonyl (C=O) groups excluding carboxylic acids is 1. The van der Waals surface area contributed by atoms with E-state index in [2.05, 4.69) is 20.5 Å². The predicted octanol–water partition coefficient (Wildman–Crippen LogP) is 2.20. The quantitative estimate of drug-likeness (QED) is 0.330. The van der Waals surface area contributed by atoms with Crippen molar-refractivity contribution in [1.82, 2.24) is 20.4 Å². The van der Waals surface area contributed by atoms with E-state index in [1.165, 1.54) is 25.7 Å². The molecule has 1 unspecified atom stereocenters. The van der Waals surface area contributed by atoms with Crippen LogP contribution in [-0.2, 0) is 4.79 Å². The Morgan fingerprint density at radius 1 is 1.26 bits per heavy atom. The molecule has 1 atom stereocenters. The Labute approximate surface area is 176 Å². The average molecular weight is 505 g/mol. The molecule has 2 fully saturated rings. The fourth-order valence-corrected chi connectivity index (χ4v) is 3.64. The number of amides is 1. The second-order valence-electron chi connectivity index (χ2n) is 7.12. The van der Waals surface area contributed by atoms with E-state index in [1.807, 2.05) is 6.92 Å².